The van der Waals surface area contributed by atoms with Crippen LogP contribution in [-0.4, -0.2) is 33.9 Å². The van der Waals surface area contributed by atoms with Gasteiger partial charge in [0.15, 0.2) is 5.82 Å². The fourth-order valence-corrected chi connectivity index (χ4v) is 1.87. The van der Waals surface area contributed by atoms with Gasteiger partial charge in [0.1, 0.15) is 0 Å². The van der Waals surface area contributed by atoms with Crippen LogP contribution < -0.4 is 0 Å². The SMILES string of the molecule is O=C(O)CCCc1nc(CC2CCCO2)no1. The highest BCUT2D eigenvalue weighted by atomic mass is 16.5. The molecule has 1 unspecified atom stereocenters. The van der Waals surface area contributed by atoms with E-state index in [1.54, 1.807) is 0 Å². The maximum absolute atomic E-state index is 10.3. The van der Waals surface area contributed by atoms with Gasteiger partial charge in [-0.25, -0.2) is 0 Å². The van der Waals surface area contributed by atoms with E-state index < -0.39 is 5.97 Å². The number of hydrogen-bond donors (Lipinski definition) is 1. The molecule has 1 aromatic rings. The van der Waals surface area contributed by atoms with Crippen LogP contribution >= 0.6 is 0 Å². The molecule has 1 N–H and O–H groups in total. The van der Waals surface area contributed by atoms with Crippen LogP contribution in [0.1, 0.15) is 37.4 Å². The van der Waals surface area contributed by atoms with Crippen LogP contribution in [0.15, 0.2) is 4.52 Å². The van der Waals surface area contributed by atoms with Gasteiger partial charge in [-0.05, 0) is 19.3 Å². The summed E-state index contributed by atoms with van der Waals surface area (Å²) in [4.78, 5) is 14.6. The Morgan fingerprint density at radius 3 is 3.12 bits per heavy atom. The minimum atomic E-state index is -0.802. The molecule has 94 valence electrons. The largest absolute Gasteiger partial charge is 0.481 e. The quantitative estimate of drug-likeness (QED) is 0.804. The Morgan fingerprint density at radius 1 is 1.53 bits per heavy atom. The highest BCUT2D eigenvalue weighted by molar-refractivity contribution is 5.66. The molecule has 1 fully saturated rings. The van der Waals surface area contributed by atoms with Crippen molar-refractivity contribution in [1.29, 1.82) is 0 Å². The van der Waals surface area contributed by atoms with E-state index in [4.69, 9.17) is 14.4 Å². The Hall–Kier alpha value is -1.43. The van der Waals surface area contributed by atoms with Crippen LogP contribution in [0.5, 0.6) is 0 Å². The highest BCUT2D eigenvalue weighted by Crippen LogP contribution is 2.16. The number of carboxylic acid groups (broad SMARTS) is 1. The van der Waals surface area contributed by atoms with Gasteiger partial charge in [0.25, 0.3) is 0 Å². The number of nitrogens with zero attached hydrogens (tertiary/aromatic N) is 2. The van der Waals surface area contributed by atoms with Crippen LogP contribution in [-0.2, 0) is 22.4 Å². The molecule has 0 amide bonds. The first-order valence-corrected chi connectivity index (χ1v) is 5.89. The predicted octanol–water partition coefficient (Wildman–Crippen LogP) is 1.20. The molecule has 0 radical (unpaired) electrons. The van der Waals surface area contributed by atoms with E-state index in [0.717, 1.165) is 19.4 Å². The lowest BCUT2D eigenvalue weighted by Crippen LogP contribution is -2.09. The van der Waals surface area contributed by atoms with E-state index in [1.807, 2.05) is 0 Å². The summed E-state index contributed by atoms with van der Waals surface area (Å²) in [6.45, 7) is 0.813. The predicted molar refractivity (Wildman–Crippen MR) is 57.5 cm³/mol. The number of hydrogen-bond acceptors (Lipinski definition) is 5. The van der Waals surface area contributed by atoms with Crippen LogP contribution in [0.4, 0.5) is 0 Å². The lowest BCUT2D eigenvalue weighted by atomic mass is 10.2. The first kappa shape index (κ1) is 12.0. The number of rotatable bonds is 6. The first-order chi connectivity index (χ1) is 8.24. The average Bonchev–Trinajstić information content (AvgIpc) is 2.90. The number of aromatic nitrogens is 2. The molecule has 1 aliphatic heterocycles. The Labute approximate surface area is 99.0 Å². The summed E-state index contributed by atoms with van der Waals surface area (Å²) >= 11 is 0. The molecule has 6 nitrogen and oxygen atoms in total. The number of aryl methyl sites for hydroxylation is 1. The molecule has 0 bridgehead atoms. The molecule has 0 spiro atoms. The Kier molecular flexibility index (Phi) is 4.08. The van der Waals surface area contributed by atoms with E-state index in [-0.39, 0.29) is 12.5 Å². The van der Waals surface area contributed by atoms with Crippen molar-refractivity contribution in [2.45, 2.75) is 44.6 Å². The van der Waals surface area contributed by atoms with Gasteiger partial charge in [-0.15, -0.1) is 0 Å². The van der Waals surface area contributed by atoms with Crippen molar-refractivity contribution in [3.8, 4) is 0 Å². The second-order valence-electron chi connectivity index (χ2n) is 4.19. The molecule has 0 aromatic carbocycles. The van der Waals surface area contributed by atoms with Gasteiger partial charge in [0.2, 0.25) is 5.89 Å². The molecule has 1 aromatic heterocycles. The Morgan fingerprint density at radius 2 is 2.41 bits per heavy atom. The maximum atomic E-state index is 10.3. The molecule has 2 rings (SSSR count). The zero-order valence-corrected chi connectivity index (χ0v) is 9.59. The van der Waals surface area contributed by atoms with Gasteiger partial charge < -0.3 is 14.4 Å². The minimum absolute atomic E-state index is 0.128. The fourth-order valence-electron chi connectivity index (χ4n) is 1.87. The van der Waals surface area contributed by atoms with Crippen LogP contribution in [0.3, 0.4) is 0 Å². The van der Waals surface area contributed by atoms with E-state index >= 15 is 0 Å². The van der Waals surface area contributed by atoms with Crippen molar-refractivity contribution in [3.63, 3.8) is 0 Å². The summed E-state index contributed by atoms with van der Waals surface area (Å²) in [7, 11) is 0. The lowest BCUT2D eigenvalue weighted by molar-refractivity contribution is -0.137. The minimum Gasteiger partial charge on any atom is -0.481 e. The number of aliphatic carboxylic acids is 1. The fraction of sp³-hybridized carbons (Fsp3) is 0.727. The van der Waals surface area contributed by atoms with Crippen molar-refractivity contribution >= 4 is 5.97 Å². The highest BCUT2D eigenvalue weighted by Gasteiger charge is 2.18. The average molecular weight is 240 g/mol. The Bertz CT molecular complexity index is 371. The molecule has 6 heteroatoms. The van der Waals surface area contributed by atoms with Gasteiger partial charge >= 0.3 is 5.97 Å². The monoisotopic (exact) mass is 240 g/mol. The van der Waals surface area contributed by atoms with E-state index in [1.165, 1.54) is 0 Å². The van der Waals surface area contributed by atoms with E-state index in [9.17, 15) is 4.79 Å². The van der Waals surface area contributed by atoms with E-state index in [2.05, 4.69) is 10.1 Å². The second kappa shape index (κ2) is 5.77. The molecule has 1 saturated heterocycles. The van der Waals surface area contributed by atoms with Crippen LogP contribution in [0.2, 0.25) is 0 Å². The van der Waals surface area contributed by atoms with Gasteiger partial charge in [-0.1, -0.05) is 5.16 Å². The molecule has 1 aliphatic rings. The summed E-state index contributed by atoms with van der Waals surface area (Å²) in [6, 6.07) is 0. The molecule has 0 saturated carbocycles. The van der Waals surface area contributed by atoms with Gasteiger partial charge in [0.05, 0.1) is 6.10 Å². The summed E-state index contributed by atoms with van der Waals surface area (Å²) in [5.41, 5.74) is 0. The van der Waals surface area contributed by atoms with Crippen LogP contribution in [0, 0.1) is 0 Å². The van der Waals surface area contributed by atoms with E-state index in [0.29, 0.717) is 31.0 Å². The molecule has 2 heterocycles. The van der Waals surface area contributed by atoms with Gasteiger partial charge in [-0.2, -0.15) is 4.98 Å². The number of carboxylic acids is 1. The second-order valence-corrected chi connectivity index (χ2v) is 4.19. The van der Waals surface area contributed by atoms with Crippen molar-refractivity contribution in [1.82, 2.24) is 10.1 Å². The summed E-state index contributed by atoms with van der Waals surface area (Å²) in [6.07, 6.45) is 4.20. The normalized spacial score (nSPS) is 19.6. The third-order valence-corrected chi connectivity index (χ3v) is 2.73. The number of ether oxygens (including phenoxy) is 1. The van der Waals surface area contributed by atoms with Crippen molar-refractivity contribution < 1.29 is 19.2 Å². The maximum Gasteiger partial charge on any atom is 0.303 e. The summed E-state index contributed by atoms with van der Waals surface area (Å²) in [5, 5.41) is 12.4. The smallest absolute Gasteiger partial charge is 0.303 e. The van der Waals surface area contributed by atoms with Crippen molar-refractivity contribution in [2.75, 3.05) is 6.61 Å². The first-order valence-electron chi connectivity index (χ1n) is 5.89. The van der Waals surface area contributed by atoms with Crippen molar-refractivity contribution in [2.24, 2.45) is 0 Å². The lowest BCUT2D eigenvalue weighted by Gasteiger charge is -2.03. The molecule has 1 atom stereocenters. The summed E-state index contributed by atoms with van der Waals surface area (Å²) < 4.78 is 10.5. The number of carbonyl (C=O) groups is 1. The van der Waals surface area contributed by atoms with Gasteiger partial charge in [-0.3, -0.25) is 4.79 Å². The zero-order chi connectivity index (χ0) is 12.1. The van der Waals surface area contributed by atoms with Gasteiger partial charge in [0, 0.05) is 25.9 Å². The third kappa shape index (κ3) is 3.81. The van der Waals surface area contributed by atoms with Crippen LogP contribution in [0.25, 0.3) is 0 Å². The van der Waals surface area contributed by atoms with Crippen molar-refractivity contribution in [3.05, 3.63) is 11.7 Å². The standard InChI is InChI=1S/C11H16N2O4/c14-11(15)5-1-4-10-12-9(13-17-10)7-8-3-2-6-16-8/h8H,1-7H2,(H,14,15). The topological polar surface area (TPSA) is 85.5 Å². The third-order valence-electron chi connectivity index (χ3n) is 2.73. The zero-order valence-electron chi connectivity index (χ0n) is 9.59. The Balaban J connectivity index is 1.76. The molecule has 17 heavy (non-hydrogen) atoms. The summed E-state index contributed by atoms with van der Waals surface area (Å²) in [5.74, 6) is 0.366. The molecular weight excluding hydrogens is 224 g/mol. The molecule has 0 aliphatic carbocycles. The molecular formula is C11H16N2O4.